The largest absolute Gasteiger partial charge is 0.310 e. The normalized spacial score (nSPS) is 13.8. The second-order valence-corrected chi connectivity index (χ2v) is 17.7. The molecule has 0 radical (unpaired) electrons. The number of hydrogen-bond donors (Lipinski definition) is 0. The average Bonchev–Trinajstić information content (AvgIpc) is 3.76. The molecule has 12 rings (SSSR count). The van der Waals surface area contributed by atoms with Crippen LogP contribution in [-0.4, -0.2) is 0 Å². The zero-order valence-corrected chi connectivity index (χ0v) is 35.5. The molecular formula is C62H45N. The zero-order chi connectivity index (χ0) is 42.1. The summed E-state index contributed by atoms with van der Waals surface area (Å²) in [5, 5.41) is 2.55. The Balaban J connectivity index is 1.15. The lowest BCUT2D eigenvalue weighted by atomic mass is 9.67. The molecule has 0 spiro atoms. The quantitative estimate of drug-likeness (QED) is 0.155. The van der Waals surface area contributed by atoms with Gasteiger partial charge in [0, 0.05) is 22.5 Å². The van der Waals surface area contributed by atoms with Crippen molar-refractivity contribution in [2.45, 2.75) is 24.7 Å². The van der Waals surface area contributed by atoms with E-state index in [1.165, 1.54) is 88.7 Å². The SMILES string of the molecule is CC1(C)c2ccc(N(c3cc(-c4ccccc4)cc(-c4ccccc4)c3)c3ccc4c(c3)C(c3ccccc3)(c3ccccc3)c3ccccc3-4)cc2-c2cc3ccccc3cc21. The molecule has 0 heterocycles. The first-order chi connectivity index (χ1) is 31.0. The van der Waals surface area contributed by atoms with E-state index in [4.69, 9.17) is 0 Å². The Hall–Kier alpha value is -7.74. The van der Waals surface area contributed by atoms with Gasteiger partial charge in [-0.25, -0.2) is 0 Å². The summed E-state index contributed by atoms with van der Waals surface area (Å²) in [5.41, 5.74) is 20.4. The van der Waals surface area contributed by atoms with Crippen molar-refractivity contribution in [2.24, 2.45) is 0 Å². The number of nitrogens with zero attached hydrogens (tertiary/aromatic N) is 1. The Kier molecular flexibility index (Phi) is 8.49. The predicted molar refractivity (Wildman–Crippen MR) is 264 cm³/mol. The summed E-state index contributed by atoms with van der Waals surface area (Å²) in [6.07, 6.45) is 0. The molecule has 0 bridgehead atoms. The Morgan fingerprint density at radius 3 is 1.41 bits per heavy atom. The Labute approximate surface area is 370 Å². The fraction of sp³-hybridized carbons (Fsp3) is 0.0645. The fourth-order valence-electron chi connectivity index (χ4n) is 10.9. The van der Waals surface area contributed by atoms with E-state index < -0.39 is 5.41 Å². The molecule has 0 atom stereocenters. The fourth-order valence-corrected chi connectivity index (χ4v) is 10.9. The van der Waals surface area contributed by atoms with Crippen molar-refractivity contribution in [3.8, 4) is 44.5 Å². The first-order valence-corrected chi connectivity index (χ1v) is 22.1. The lowest BCUT2D eigenvalue weighted by molar-refractivity contribution is 0.661. The van der Waals surface area contributed by atoms with E-state index >= 15 is 0 Å². The summed E-state index contributed by atoms with van der Waals surface area (Å²) < 4.78 is 0. The van der Waals surface area contributed by atoms with E-state index in [1.807, 2.05) is 0 Å². The summed E-state index contributed by atoms with van der Waals surface area (Å²) in [5.74, 6) is 0. The highest BCUT2D eigenvalue weighted by atomic mass is 15.1. The molecule has 0 saturated heterocycles. The van der Waals surface area contributed by atoms with Gasteiger partial charge in [0.25, 0.3) is 0 Å². The number of fused-ring (bicyclic) bond motifs is 7. The van der Waals surface area contributed by atoms with Gasteiger partial charge in [0.2, 0.25) is 0 Å². The molecule has 2 aliphatic rings. The van der Waals surface area contributed by atoms with Gasteiger partial charge in [0.1, 0.15) is 0 Å². The van der Waals surface area contributed by atoms with Crippen LogP contribution in [-0.2, 0) is 10.8 Å². The monoisotopic (exact) mass is 803 g/mol. The highest BCUT2D eigenvalue weighted by molar-refractivity contribution is 5.96. The zero-order valence-electron chi connectivity index (χ0n) is 35.5. The van der Waals surface area contributed by atoms with Crippen LogP contribution in [0.2, 0.25) is 0 Å². The van der Waals surface area contributed by atoms with Crippen molar-refractivity contribution >= 4 is 27.8 Å². The molecule has 0 aromatic heterocycles. The number of benzene rings is 10. The molecule has 0 N–H and O–H groups in total. The molecule has 0 amide bonds. The smallest absolute Gasteiger partial charge is 0.0714 e. The molecule has 2 aliphatic carbocycles. The van der Waals surface area contributed by atoms with Crippen LogP contribution in [0, 0.1) is 0 Å². The average molecular weight is 804 g/mol. The van der Waals surface area contributed by atoms with Crippen LogP contribution >= 0.6 is 0 Å². The molecule has 63 heavy (non-hydrogen) atoms. The second kappa shape index (κ2) is 14.4. The van der Waals surface area contributed by atoms with E-state index in [9.17, 15) is 0 Å². The van der Waals surface area contributed by atoms with Gasteiger partial charge in [0.15, 0.2) is 0 Å². The van der Waals surface area contributed by atoms with Gasteiger partial charge in [0.05, 0.1) is 5.41 Å². The molecule has 1 heteroatoms. The van der Waals surface area contributed by atoms with Crippen molar-refractivity contribution in [1.82, 2.24) is 0 Å². The van der Waals surface area contributed by atoms with Crippen LogP contribution in [0.5, 0.6) is 0 Å². The van der Waals surface area contributed by atoms with Gasteiger partial charge in [-0.2, -0.15) is 0 Å². The molecule has 10 aromatic carbocycles. The standard InChI is InChI=1S/C62H45N/c1-61(2)57-34-32-50(40-56(57)55-38-44-23-15-16-24-45(44)39-59(55)61)63(52-36-46(42-19-7-3-8-20-42)35-47(37-52)43-21-9-4-10-22-43)51-31-33-54-53-29-17-18-30-58(53)62(60(54)41-51,48-25-11-5-12-26-48)49-27-13-6-14-28-49/h3-41H,1-2H3. The Morgan fingerprint density at radius 1 is 0.286 bits per heavy atom. The molecule has 298 valence electrons. The van der Waals surface area contributed by atoms with Crippen LogP contribution in [0.1, 0.15) is 47.2 Å². The van der Waals surface area contributed by atoms with E-state index in [-0.39, 0.29) is 5.41 Å². The van der Waals surface area contributed by atoms with Gasteiger partial charge < -0.3 is 4.90 Å². The van der Waals surface area contributed by atoms with Crippen molar-refractivity contribution in [2.75, 3.05) is 4.90 Å². The van der Waals surface area contributed by atoms with Crippen LogP contribution < -0.4 is 4.90 Å². The maximum absolute atomic E-state index is 2.51. The summed E-state index contributed by atoms with van der Waals surface area (Å²) >= 11 is 0. The first kappa shape index (κ1) is 37.1. The number of rotatable bonds is 7. The topological polar surface area (TPSA) is 3.24 Å². The van der Waals surface area contributed by atoms with Crippen molar-refractivity contribution < 1.29 is 0 Å². The first-order valence-electron chi connectivity index (χ1n) is 22.1. The third kappa shape index (κ3) is 5.77. The maximum Gasteiger partial charge on any atom is 0.0714 e. The van der Waals surface area contributed by atoms with E-state index in [0.717, 1.165) is 17.1 Å². The van der Waals surface area contributed by atoms with Crippen molar-refractivity contribution in [3.05, 3.63) is 270 Å². The Bertz CT molecular complexity index is 3250. The highest BCUT2D eigenvalue weighted by Crippen LogP contribution is 2.58. The third-order valence-corrected chi connectivity index (χ3v) is 13.9. The van der Waals surface area contributed by atoms with Crippen molar-refractivity contribution in [3.63, 3.8) is 0 Å². The minimum absolute atomic E-state index is 0.143. The summed E-state index contributed by atoms with van der Waals surface area (Å²) in [6.45, 7) is 4.76. The molecular weight excluding hydrogens is 759 g/mol. The van der Waals surface area contributed by atoms with Crippen LogP contribution in [0.4, 0.5) is 17.1 Å². The minimum Gasteiger partial charge on any atom is -0.310 e. The minimum atomic E-state index is -0.529. The van der Waals surface area contributed by atoms with E-state index in [1.54, 1.807) is 0 Å². The molecule has 0 aliphatic heterocycles. The molecule has 0 saturated carbocycles. The summed E-state index contributed by atoms with van der Waals surface area (Å²) in [6, 6.07) is 88.0. The van der Waals surface area contributed by atoms with Crippen LogP contribution in [0.3, 0.4) is 0 Å². The van der Waals surface area contributed by atoms with Gasteiger partial charge >= 0.3 is 0 Å². The van der Waals surface area contributed by atoms with Gasteiger partial charge in [-0.05, 0) is 143 Å². The molecule has 1 nitrogen and oxygen atoms in total. The molecule has 10 aromatic rings. The summed E-state index contributed by atoms with van der Waals surface area (Å²) in [7, 11) is 0. The lowest BCUT2D eigenvalue weighted by Gasteiger charge is -2.35. The van der Waals surface area contributed by atoms with Crippen molar-refractivity contribution in [1.29, 1.82) is 0 Å². The predicted octanol–water partition coefficient (Wildman–Crippen LogP) is 16.3. The molecule has 0 unspecified atom stereocenters. The lowest BCUT2D eigenvalue weighted by Crippen LogP contribution is -2.28. The van der Waals surface area contributed by atoms with Gasteiger partial charge in [-0.3, -0.25) is 0 Å². The highest BCUT2D eigenvalue weighted by Gasteiger charge is 2.46. The van der Waals surface area contributed by atoms with Crippen LogP contribution in [0.25, 0.3) is 55.3 Å². The number of anilines is 3. The van der Waals surface area contributed by atoms with Crippen LogP contribution in [0.15, 0.2) is 237 Å². The van der Waals surface area contributed by atoms with Gasteiger partial charge in [-0.1, -0.05) is 196 Å². The third-order valence-electron chi connectivity index (χ3n) is 13.9. The number of hydrogen-bond acceptors (Lipinski definition) is 1. The van der Waals surface area contributed by atoms with Gasteiger partial charge in [-0.15, -0.1) is 0 Å². The van der Waals surface area contributed by atoms with E-state index in [0.29, 0.717) is 0 Å². The second-order valence-electron chi connectivity index (χ2n) is 17.7. The maximum atomic E-state index is 2.51. The molecule has 0 fully saturated rings. The Morgan fingerprint density at radius 2 is 0.778 bits per heavy atom. The van der Waals surface area contributed by atoms with E-state index in [2.05, 4.69) is 255 Å². The summed E-state index contributed by atoms with van der Waals surface area (Å²) in [4.78, 5) is 2.51.